The Morgan fingerprint density at radius 2 is 2.30 bits per heavy atom. The van der Waals surface area contributed by atoms with Crippen molar-refractivity contribution < 1.29 is 14.8 Å². The van der Waals surface area contributed by atoms with Crippen LogP contribution in [0, 0.1) is 10.1 Å². The minimum absolute atomic E-state index is 0.0263. The summed E-state index contributed by atoms with van der Waals surface area (Å²) in [5.74, 6) is -0.872. The Labute approximate surface area is 118 Å². The molecule has 0 saturated carbocycles. The maximum atomic E-state index is 11.3. The largest absolute Gasteiger partial charge is 0.481 e. The molecule has 2 aromatic rings. The molecule has 0 atom stereocenters. The van der Waals surface area contributed by atoms with Crippen LogP contribution < -0.4 is 4.90 Å². The highest BCUT2D eigenvalue weighted by Gasteiger charge is 2.22. The van der Waals surface area contributed by atoms with Crippen molar-refractivity contribution in [3.05, 3.63) is 27.8 Å². The molecule has 106 valence electrons. The SMILES string of the molecule is CN(CCCC(=O)O)c1ccc2scnc2c1[N+](=O)[O-]. The maximum absolute atomic E-state index is 11.3. The molecule has 0 spiro atoms. The van der Waals surface area contributed by atoms with Crippen LogP contribution in [0.5, 0.6) is 0 Å². The number of carbonyl (C=O) groups is 1. The molecule has 1 aromatic heterocycles. The van der Waals surface area contributed by atoms with Gasteiger partial charge in [0.2, 0.25) is 0 Å². The average molecular weight is 295 g/mol. The molecule has 0 aliphatic rings. The number of carboxylic acid groups (broad SMARTS) is 1. The van der Waals surface area contributed by atoms with Gasteiger partial charge in [0, 0.05) is 20.0 Å². The van der Waals surface area contributed by atoms with Gasteiger partial charge in [0.15, 0.2) is 5.52 Å². The number of rotatable bonds is 6. The fourth-order valence-corrected chi connectivity index (χ4v) is 2.66. The van der Waals surface area contributed by atoms with Crippen molar-refractivity contribution in [2.24, 2.45) is 0 Å². The number of carboxylic acids is 1. The molecule has 0 aliphatic carbocycles. The molecule has 0 fully saturated rings. The van der Waals surface area contributed by atoms with Crippen LogP contribution in [0.3, 0.4) is 0 Å². The van der Waals surface area contributed by atoms with E-state index in [2.05, 4.69) is 4.98 Å². The van der Waals surface area contributed by atoms with Crippen molar-refractivity contribution in [3.63, 3.8) is 0 Å². The third-order valence-electron chi connectivity index (χ3n) is 2.93. The van der Waals surface area contributed by atoms with E-state index in [1.54, 1.807) is 29.6 Å². The number of benzene rings is 1. The highest BCUT2D eigenvalue weighted by molar-refractivity contribution is 7.16. The first kappa shape index (κ1) is 14.2. The topological polar surface area (TPSA) is 96.6 Å². The molecule has 1 N–H and O–H groups in total. The fraction of sp³-hybridized carbons (Fsp3) is 0.333. The molecular formula is C12H13N3O4S. The van der Waals surface area contributed by atoms with Gasteiger partial charge >= 0.3 is 11.7 Å². The number of nitro groups is 1. The molecule has 0 amide bonds. The van der Waals surface area contributed by atoms with E-state index in [1.165, 1.54) is 11.3 Å². The summed E-state index contributed by atoms with van der Waals surface area (Å²) >= 11 is 1.35. The second-order valence-corrected chi connectivity index (χ2v) is 5.19. The third kappa shape index (κ3) is 2.85. The lowest BCUT2D eigenvalue weighted by Gasteiger charge is -2.18. The Hall–Kier alpha value is -2.22. The van der Waals surface area contributed by atoms with Crippen molar-refractivity contribution in [1.29, 1.82) is 0 Å². The molecule has 8 heteroatoms. The monoisotopic (exact) mass is 295 g/mol. The predicted molar refractivity (Wildman–Crippen MR) is 76.4 cm³/mol. The Morgan fingerprint density at radius 1 is 1.55 bits per heavy atom. The number of hydrogen-bond acceptors (Lipinski definition) is 6. The molecule has 0 radical (unpaired) electrons. The normalized spacial score (nSPS) is 10.7. The van der Waals surface area contributed by atoms with Crippen molar-refractivity contribution in [1.82, 2.24) is 4.98 Å². The number of thiazole rings is 1. The van der Waals surface area contributed by atoms with Gasteiger partial charge in [0.05, 0.1) is 15.1 Å². The Balaban J connectivity index is 2.30. The summed E-state index contributed by atoms with van der Waals surface area (Å²) in [7, 11) is 1.71. The van der Waals surface area contributed by atoms with Gasteiger partial charge in [0.1, 0.15) is 5.69 Å². The summed E-state index contributed by atoms with van der Waals surface area (Å²) in [6.45, 7) is 0.433. The number of aliphatic carboxylic acids is 1. The zero-order chi connectivity index (χ0) is 14.7. The molecule has 0 aliphatic heterocycles. The van der Waals surface area contributed by atoms with E-state index in [1.807, 2.05) is 0 Å². The molecule has 20 heavy (non-hydrogen) atoms. The number of nitrogens with zero attached hydrogens (tertiary/aromatic N) is 3. The van der Waals surface area contributed by atoms with Crippen LogP contribution in [0.25, 0.3) is 10.2 Å². The smallest absolute Gasteiger partial charge is 0.319 e. The standard InChI is InChI=1S/C12H13N3O4S/c1-14(6-2-3-10(16)17)8-4-5-9-11(13-7-20-9)12(8)15(18)19/h4-5,7H,2-3,6H2,1H3,(H,16,17). The van der Waals surface area contributed by atoms with Gasteiger partial charge in [-0.05, 0) is 18.6 Å². The van der Waals surface area contributed by atoms with E-state index < -0.39 is 10.9 Å². The Bertz CT molecular complexity index is 655. The number of nitro benzene ring substituents is 1. The number of hydrogen-bond donors (Lipinski definition) is 1. The van der Waals surface area contributed by atoms with E-state index in [9.17, 15) is 14.9 Å². The van der Waals surface area contributed by atoms with Gasteiger partial charge < -0.3 is 10.0 Å². The van der Waals surface area contributed by atoms with Crippen molar-refractivity contribution in [2.75, 3.05) is 18.5 Å². The summed E-state index contributed by atoms with van der Waals surface area (Å²) in [5.41, 5.74) is 2.38. The second-order valence-electron chi connectivity index (χ2n) is 4.31. The van der Waals surface area contributed by atoms with Crippen LogP contribution in [0.2, 0.25) is 0 Å². The van der Waals surface area contributed by atoms with E-state index in [0.29, 0.717) is 24.2 Å². The number of aromatic nitrogens is 1. The Morgan fingerprint density at radius 3 is 2.95 bits per heavy atom. The highest BCUT2D eigenvalue weighted by atomic mass is 32.1. The zero-order valence-electron chi connectivity index (χ0n) is 10.8. The summed E-state index contributed by atoms with van der Waals surface area (Å²) in [6, 6.07) is 3.47. The van der Waals surface area contributed by atoms with Crippen LogP contribution in [-0.2, 0) is 4.79 Å². The molecule has 0 unspecified atom stereocenters. The summed E-state index contributed by atoms with van der Waals surface area (Å²) in [5, 5.41) is 19.9. The average Bonchev–Trinajstić information content (AvgIpc) is 2.84. The van der Waals surface area contributed by atoms with Gasteiger partial charge in [-0.1, -0.05) is 0 Å². The highest BCUT2D eigenvalue weighted by Crippen LogP contribution is 2.36. The van der Waals surface area contributed by atoms with Crippen LogP contribution in [-0.4, -0.2) is 34.6 Å². The number of anilines is 1. The molecule has 1 heterocycles. The first-order valence-electron chi connectivity index (χ1n) is 5.94. The maximum Gasteiger partial charge on any atom is 0.319 e. The summed E-state index contributed by atoms with van der Waals surface area (Å²) < 4.78 is 0.763. The van der Waals surface area contributed by atoms with Crippen LogP contribution in [0.4, 0.5) is 11.4 Å². The van der Waals surface area contributed by atoms with Gasteiger partial charge in [-0.25, -0.2) is 4.98 Å². The van der Waals surface area contributed by atoms with Crippen molar-refractivity contribution in [3.8, 4) is 0 Å². The van der Waals surface area contributed by atoms with Crippen LogP contribution >= 0.6 is 11.3 Å². The van der Waals surface area contributed by atoms with E-state index in [0.717, 1.165) is 4.70 Å². The second kappa shape index (κ2) is 5.83. The molecule has 7 nitrogen and oxygen atoms in total. The third-order valence-corrected chi connectivity index (χ3v) is 3.73. The van der Waals surface area contributed by atoms with Crippen LogP contribution in [0.1, 0.15) is 12.8 Å². The quantitative estimate of drug-likeness (QED) is 0.649. The first-order chi connectivity index (χ1) is 9.50. The van der Waals surface area contributed by atoms with Gasteiger partial charge in [-0.15, -0.1) is 11.3 Å². The fourth-order valence-electron chi connectivity index (χ4n) is 1.98. The van der Waals surface area contributed by atoms with Crippen molar-refractivity contribution in [2.45, 2.75) is 12.8 Å². The minimum Gasteiger partial charge on any atom is -0.481 e. The van der Waals surface area contributed by atoms with Gasteiger partial charge in [-0.3, -0.25) is 14.9 Å². The minimum atomic E-state index is -0.872. The lowest BCUT2D eigenvalue weighted by molar-refractivity contribution is -0.382. The van der Waals surface area contributed by atoms with Gasteiger partial charge in [0.25, 0.3) is 0 Å². The summed E-state index contributed by atoms with van der Waals surface area (Å²) in [4.78, 5) is 27.1. The van der Waals surface area contributed by atoms with E-state index in [4.69, 9.17) is 5.11 Å². The lowest BCUT2D eigenvalue weighted by atomic mass is 10.2. The van der Waals surface area contributed by atoms with E-state index in [-0.39, 0.29) is 12.1 Å². The predicted octanol–water partition coefficient (Wildman–Crippen LogP) is 2.51. The lowest BCUT2D eigenvalue weighted by Crippen LogP contribution is -2.20. The Kier molecular flexibility index (Phi) is 4.14. The van der Waals surface area contributed by atoms with Gasteiger partial charge in [-0.2, -0.15) is 0 Å². The first-order valence-corrected chi connectivity index (χ1v) is 6.82. The van der Waals surface area contributed by atoms with E-state index >= 15 is 0 Å². The molecule has 2 rings (SSSR count). The zero-order valence-corrected chi connectivity index (χ0v) is 11.6. The molecule has 0 saturated heterocycles. The number of fused-ring (bicyclic) bond motifs is 1. The van der Waals surface area contributed by atoms with Crippen molar-refractivity contribution >= 4 is 38.9 Å². The summed E-state index contributed by atoms with van der Waals surface area (Å²) in [6.07, 6.45) is 0.467. The molecular weight excluding hydrogens is 282 g/mol. The van der Waals surface area contributed by atoms with Crippen LogP contribution in [0.15, 0.2) is 17.6 Å². The molecule has 0 bridgehead atoms. The molecule has 1 aromatic carbocycles.